The summed E-state index contributed by atoms with van der Waals surface area (Å²) in [7, 11) is -4.24. The quantitative estimate of drug-likeness (QED) is 0.0552. The van der Waals surface area contributed by atoms with Crippen molar-refractivity contribution >= 4 is 51.3 Å². The molecule has 0 unspecified atom stereocenters. The zero-order valence-corrected chi connectivity index (χ0v) is 31.3. The van der Waals surface area contributed by atoms with E-state index in [9.17, 15) is 41.5 Å². The second-order valence-corrected chi connectivity index (χ2v) is 14.3. The summed E-state index contributed by atoms with van der Waals surface area (Å²) in [4.78, 5) is 50.5. The molecule has 300 valence electrons. The number of furan rings is 1. The number of morpholine rings is 1. The highest BCUT2D eigenvalue weighted by molar-refractivity contribution is 7.89. The molecule has 1 aromatic heterocycles. The molecule has 4 rings (SSSR count). The maximum Gasteiger partial charge on any atom is 0.413 e. The lowest BCUT2D eigenvalue weighted by molar-refractivity contribution is -0.280. The summed E-state index contributed by atoms with van der Waals surface area (Å²) in [6.45, 7) is 2.04. The number of halogens is 3. The number of benzene rings is 2. The van der Waals surface area contributed by atoms with Gasteiger partial charge in [0.25, 0.3) is 0 Å². The fraction of sp³-hybridized carbons (Fsp3) is 0.429. The van der Waals surface area contributed by atoms with Crippen LogP contribution in [0.3, 0.4) is 0 Å². The van der Waals surface area contributed by atoms with Gasteiger partial charge in [-0.25, -0.2) is 31.9 Å². The average molecular weight is 816 g/mol. The number of amides is 1. The zero-order chi connectivity index (χ0) is 40.3. The third kappa shape index (κ3) is 11.8. The monoisotopic (exact) mass is 815 g/mol. The minimum Gasteiger partial charge on any atom is -0.467 e. The lowest BCUT2D eigenvalue weighted by Gasteiger charge is -2.47. The highest BCUT2D eigenvalue weighted by Crippen LogP contribution is 2.36. The van der Waals surface area contributed by atoms with E-state index in [1.54, 1.807) is 19.1 Å². The van der Waals surface area contributed by atoms with E-state index in [1.807, 2.05) is 0 Å². The third-order valence-electron chi connectivity index (χ3n) is 8.35. The molecule has 2 heterocycles. The van der Waals surface area contributed by atoms with Crippen molar-refractivity contribution in [2.45, 2.75) is 75.3 Å². The van der Waals surface area contributed by atoms with Crippen LogP contribution >= 0.6 is 11.6 Å². The number of aliphatic hydroxyl groups is 1. The highest BCUT2D eigenvalue weighted by Gasteiger charge is 2.49. The van der Waals surface area contributed by atoms with Crippen LogP contribution in [0.2, 0.25) is 5.02 Å². The minimum absolute atomic E-state index is 0.00276. The summed E-state index contributed by atoms with van der Waals surface area (Å²) in [5.41, 5.74) is -0.142. The van der Waals surface area contributed by atoms with Gasteiger partial charge >= 0.3 is 24.0 Å². The van der Waals surface area contributed by atoms with Gasteiger partial charge in [-0.2, -0.15) is 0 Å². The first-order valence-corrected chi connectivity index (χ1v) is 18.8. The summed E-state index contributed by atoms with van der Waals surface area (Å²) in [5.74, 6) is -6.36. The topological polar surface area (TPSA) is 223 Å². The Balaban J connectivity index is 1.12. The van der Waals surface area contributed by atoms with Gasteiger partial charge in [0.15, 0.2) is 0 Å². The Labute approximate surface area is 319 Å². The average Bonchev–Trinajstić information content (AvgIpc) is 3.63. The van der Waals surface area contributed by atoms with Crippen molar-refractivity contribution in [2.24, 2.45) is 5.14 Å². The summed E-state index contributed by atoms with van der Waals surface area (Å²) >= 11 is 6.10. The van der Waals surface area contributed by atoms with Gasteiger partial charge < -0.3 is 38.5 Å². The van der Waals surface area contributed by atoms with E-state index in [0.717, 1.165) is 23.1 Å². The largest absolute Gasteiger partial charge is 0.467 e. The van der Waals surface area contributed by atoms with Crippen molar-refractivity contribution in [2.75, 3.05) is 31.9 Å². The molecular weight excluding hydrogens is 776 g/mol. The molecule has 1 saturated heterocycles. The number of rotatable bonds is 17. The number of ether oxygens (including phenoxy) is 5. The lowest BCUT2D eigenvalue weighted by Crippen LogP contribution is -2.62. The first kappa shape index (κ1) is 42.9. The SMILES string of the molecule is C[C@@H]1CO[C@@](O)(c2cc(F)cc(F)c2)[C@H](C)N1C(=O)OCOC(=O)CC(=O)OCCCCCCOC(=O)c1cc(S(N)(=O)=O)c(Cl)cc1NCc1ccco1. The zero-order valence-electron chi connectivity index (χ0n) is 29.8. The van der Waals surface area contributed by atoms with Crippen molar-refractivity contribution in [3.63, 3.8) is 0 Å². The molecule has 0 aliphatic carbocycles. The normalized spacial score (nSPS) is 18.3. The van der Waals surface area contributed by atoms with Gasteiger partial charge in [0.05, 0.1) is 61.0 Å². The number of primary sulfonamides is 1. The molecule has 0 spiro atoms. The van der Waals surface area contributed by atoms with Gasteiger partial charge in [-0.05, 0) is 75.9 Å². The van der Waals surface area contributed by atoms with Crippen LogP contribution in [0.4, 0.5) is 19.3 Å². The van der Waals surface area contributed by atoms with Crippen LogP contribution in [0.15, 0.2) is 58.0 Å². The summed E-state index contributed by atoms with van der Waals surface area (Å²) in [6, 6.07) is 6.23. The molecule has 4 N–H and O–H groups in total. The molecule has 3 aromatic rings. The van der Waals surface area contributed by atoms with Gasteiger partial charge in [0, 0.05) is 11.6 Å². The second kappa shape index (κ2) is 19.2. The first-order valence-electron chi connectivity index (χ1n) is 16.9. The van der Waals surface area contributed by atoms with Crippen molar-refractivity contribution < 1.29 is 69.6 Å². The molecule has 16 nitrogen and oxygen atoms in total. The van der Waals surface area contributed by atoms with Crippen LogP contribution in [0.5, 0.6) is 0 Å². The summed E-state index contributed by atoms with van der Waals surface area (Å²) < 4.78 is 82.5. The Morgan fingerprint density at radius 3 is 2.27 bits per heavy atom. The molecule has 1 fully saturated rings. The van der Waals surface area contributed by atoms with Gasteiger partial charge in [0.1, 0.15) is 28.7 Å². The molecule has 1 aliphatic heterocycles. The Kier molecular flexibility index (Phi) is 15.0. The molecule has 1 amide bonds. The van der Waals surface area contributed by atoms with Crippen molar-refractivity contribution in [1.82, 2.24) is 4.90 Å². The number of anilines is 1. The summed E-state index contributed by atoms with van der Waals surface area (Å²) in [5, 5.41) is 19.1. The number of nitrogens with two attached hydrogens (primary N) is 1. The Morgan fingerprint density at radius 2 is 1.64 bits per heavy atom. The molecule has 20 heteroatoms. The molecule has 0 bridgehead atoms. The van der Waals surface area contributed by atoms with E-state index in [2.05, 4.69) is 5.32 Å². The molecule has 3 atom stereocenters. The number of sulfonamides is 1. The van der Waals surface area contributed by atoms with Gasteiger partial charge in [0.2, 0.25) is 22.6 Å². The van der Waals surface area contributed by atoms with Gasteiger partial charge in [-0.3, -0.25) is 14.5 Å². The Bertz CT molecular complexity index is 1930. The van der Waals surface area contributed by atoms with E-state index < -0.39 is 81.6 Å². The standard InChI is InChI=1S/C35H40ClF2N3O13S/c1-21-19-54-35(46,23-12-24(37)14-25(38)13-23)22(2)41(21)34(45)53-20-52-32(43)17-31(42)50-9-5-3-4-6-10-51-33(44)27-15-30(55(39,47)48)28(36)16-29(27)40-18-26-8-7-11-49-26/h7-8,11-16,21-22,40,46H,3-6,9-10,17-20H2,1-2H3,(H2,39,47,48)/t21-,22+,35-/m1/s1. The van der Waals surface area contributed by atoms with Crippen molar-refractivity contribution in [1.29, 1.82) is 0 Å². The number of carbonyl (C=O) groups excluding carboxylic acids is 4. The highest BCUT2D eigenvalue weighted by atomic mass is 35.5. The molecule has 0 radical (unpaired) electrons. The van der Waals surface area contributed by atoms with E-state index in [0.29, 0.717) is 37.5 Å². The fourth-order valence-electron chi connectivity index (χ4n) is 5.55. The fourth-order valence-corrected chi connectivity index (χ4v) is 6.65. The van der Waals surface area contributed by atoms with Crippen molar-refractivity contribution in [3.05, 3.63) is 82.3 Å². The number of carbonyl (C=O) groups is 4. The molecular formula is C35H40ClF2N3O13S. The predicted molar refractivity (Wildman–Crippen MR) is 188 cm³/mol. The first-order chi connectivity index (χ1) is 26.0. The second-order valence-electron chi connectivity index (χ2n) is 12.4. The number of hydrogen-bond donors (Lipinski definition) is 3. The molecule has 1 aliphatic rings. The Morgan fingerprint density at radius 1 is 0.982 bits per heavy atom. The van der Waals surface area contributed by atoms with Crippen molar-refractivity contribution in [3.8, 4) is 0 Å². The molecule has 2 aromatic carbocycles. The number of esters is 3. The number of unbranched alkanes of at least 4 members (excludes halogenated alkanes) is 3. The Hall–Kier alpha value is -4.82. The smallest absolute Gasteiger partial charge is 0.413 e. The van der Waals surface area contributed by atoms with E-state index in [1.165, 1.54) is 19.3 Å². The molecule has 55 heavy (non-hydrogen) atoms. The van der Waals surface area contributed by atoms with Gasteiger partial charge in [-0.1, -0.05) is 11.6 Å². The summed E-state index contributed by atoms with van der Waals surface area (Å²) in [6.07, 6.45) is 1.68. The number of nitrogens with one attached hydrogen (secondary N) is 1. The van der Waals surface area contributed by atoms with Crippen LogP contribution in [0, 0.1) is 11.6 Å². The van der Waals surface area contributed by atoms with E-state index >= 15 is 0 Å². The third-order valence-corrected chi connectivity index (χ3v) is 9.72. The van der Waals surface area contributed by atoms with Crippen LogP contribution < -0.4 is 10.5 Å². The van der Waals surface area contributed by atoms with Crippen LogP contribution in [0.1, 0.15) is 67.6 Å². The van der Waals surface area contributed by atoms with Crippen LogP contribution in [-0.2, 0) is 55.6 Å². The van der Waals surface area contributed by atoms with Gasteiger partial charge in [-0.15, -0.1) is 0 Å². The maximum atomic E-state index is 13.8. The van der Waals surface area contributed by atoms with E-state index in [4.69, 9.17) is 44.8 Å². The molecule has 0 saturated carbocycles. The lowest BCUT2D eigenvalue weighted by atomic mass is 9.94. The van der Waals surface area contributed by atoms with Crippen LogP contribution in [0.25, 0.3) is 0 Å². The minimum atomic E-state index is -4.24. The number of nitrogens with zero attached hydrogens (tertiary/aromatic N) is 1. The maximum absolute atomic E-state index is 13.8. The van der Waals surface area contributed by atoms with E-state index in [-0.39, 0.29) is 48.2 Å². The number of hydrogen-bond acceptors (Lipinski definition) is 14. The predicted octanol–water partition coefficient (Wildman–Crippen LogP) is 4.71. The van der Waals surface area contributed by atoms with Crippen LogP contribution in [-0.4, -0.2) is 81.1 Å².